The van der Waals surface area contributed by atoms with E-state index >= 15 is 0 Å². The SMILES string of the molecule is CCOC(=O)c1cnc(/C(C)=C/c2cc3c(cc2Br)OCO3)[nH]c1=O. The predicted octanol–water partition coefficient (Wildman–Crippen LogP) is 3.00. The van der Waals surface area contributed by atoms with Crippen LogP contribution in [0.1, 0.15) is 35.6 Å². The van der Waals surface area contributed by atoms with E-state index in [0.717, 1.165) is 10.0 Å². The lowest BCUT2D eigenvalue weighted by Crippen LogP contribution is -2.21. The Morgan fingerprint density at radius 1 is 1.40 bits per heavy atom. The minimum Gasteiger partial charge on any atom is -0.462 e. The minimum absolute atomic E-state index is 0.123. The first-order valence-electron chi connectivity index (χ1n) is 7.54. The molecule has 0 atom stereocenters. The van der Waals surface area contributed by atoms with E-state index in [1.165, 1.54) is 6.20 Å². The highest BCUT2D eigenvalue weighted by molar-refractivity contribution is 9.10. The zero-order valence-corrected chi connectivity index (χ0v) is 15.2. The van der Waals surface area contributed by atoms with Gasteiger partial charge < -0.3 is 19.2 Å². The van der Waals surface area contributed by atoms with Crippen molar-refractivity contribution in [3.63, 3.8) is 0 Å². The van der Waals surface area contributed by atoms with E-state index in [0.29, 0.717) is 22.9 Å². The molecule has 0 spiro atoms. The number of halogens is 1. The maximum atomic E-state index is 12.1. The zero-order chi connectivity index (χ0) is 18.0. The maximum Gasteiger partial charge on any atom is 0.345 e. The second kappa shape index (κ2) is 7.10. The van der Waals surface area contributed by atoms with Gasteiger partial charge in [0.05, 0.1) is 6.61 Å². The average Bonchev–Trinajstić information content (AvgIpc) is 3.02. The van der Waals surface area contributed by atoms with Crippen LogP contribution in [0.4, 0.5) is 0 Å². The lowest BCUT2D eigenvalue weighted by atomic mass is 10.1. The predicted molar refractivity (Wildman–Crippen MR) is 94.6 cm³/mol. The van der Waals surface area contributed by atoms with Crippen molar-refractivity contribution in [2.24, 2.45) is 0 Å². The van der Waals surface area contributed by atoms with Crippen LogP contribution in [0.25, 0.3) is 11.6 Å². The van der Waals surface area contributed by atoms with Gasteiger partial charge in [0.15, 0.2) is 11.5 Å². The molecule has 25 heavy (non-hydrogen) atoms. The quantitative estimate of drug-likeness (QED) is 0.784. The fraction of sp³-hybridized carbons (Fsp3) is 0.235. The highest BCUT2D eigenvalue weighted by Crippen LogP contribution is 2.38. The van der Waals surface area contributed by atoms with E-state index in [2.05, 4.69) is 25.9 Å². The van der Waals surface area contributed by atoms with Gasteiger partial charge in [-0.3, -0.25) is 4.79 Å². The van der Waals surface area contributed by atoms with Crippen molar-refractivity contribution >= 4 is 33.5 Å². The Bertz CT molecular complexity index is 920. The van der Waals surface area contributed by atoms with Crippen molar-refractivity contribution in [1.29, 1.82) is 0 Å². The van der Waals surface area contributed by atoms with Crippen molar-refractivity contribution in [1.82, 2.24) is 9.97 Å². The average molecular weight is 407 g/mol. The van der Waals surface area contributed by atoms with Crippen molar-refractivity contribution in [2.75, 3.05) is 13.4 Å². The second-order valence-electron chi connectivity index (χ2n) is 5.25. The molecule has 3 rings (SSSR count). The molecule has 0 amide bonds. The van der Waals surface area contributed by atoms with Crippen LogP contribution < -0.4 is 15.0 Å². The molecule has 1 aliphatic heterocycles. The number of esters is 1. The van der Waals surface area contributed by atoms with Crippen molar-refractivity contribution in [3.8, 4) is 11.5 Å². The van der Waals surface area contributed by atoms with E-state index in [-0.39, 0.29) is 19.0 Å². The van der Waals surface area contributed by atoms with Gasteiger partial charge >= 0.3 is 5.97 Å². The number of carbonyl (C=O) groups is 1. The van der Waals surface area contributed by atoms with Gasteiger partial charge in [-0.25, -0.2) is 9.78 Å². The Kier molecular flexibility index (Phi) is 4.89. The maximum absolute atomic E-state index is 12.1. The summed E-state index contributed by atoms with van der Waals surface area (Å²) in [7, 11) is 0. The van der Waals surface area contributed by atoms with Gasteiger partial charge in [-0.05, 0) is 43.2 Å². The highest BCUT2D eigenvalue weighted by atomic mass is 79.9. The molecule has 7 nitrogen and oxygen atoms in total. The van der Waals surface area contributed by atoms with Crippen LogP contribution in [0.3, 0.4) is 0 Å². The summed E-state index contributed by atoms with van der Waals surface area (Å²) >= 11 is 3.48. The second-order valence-corrected chi connectivity index (χ2v) is 6.10. The number of aromatic amines is 1. The molecule has 1 N–H and O–H groups in total. The molecular weight excluding hydrogens is 392 g/mol. The van der Waals surface area contributed by atoms with Crippen LogP contribution >= 0.6 is 15.9 Å². The summed E-state index contributed by atoms with van der Waals surface area (Å²) < 4.78 is 16.3. The fourth-order valence-corrected chi connectivity index (χ4v) is 2.73. The van der Waals surface area contributed by atoms with Crippen LogP contribution in [0, 0.1) is 0 Å². The van der Waals surface area contributed by atoms with Gasteiger partial charge in [-0.2, -0.15) is 0 Å². The van der Waals surface area contributed by atoms with Gasteiger partial charge in [-0.1, -0.05) is 15.9 Å². The third kappa shape index (κ3) is 3.58. The number of nitrogens with one attached hydrogen (secondary N) is 1. The molecule has 1 aromatic carbocycles. The first-order chi connectivity index (χ1) is 12.0. The van der Waals surface area contributed by atoms with Gasteiger partial charge in [0.25, 0.3) is 5.56 Å². The van der Waals surface area contributed by atoms with Crippen molar-refractivity contribution in [2.45, 2.75) is 13.8 Å². The fourth-order valence-electron chi connectivity index (χ4n) is 2.29. The minimum atomic E-state index is -0.692. The zero-order valence-electron chi connectivity index (χ0n) is 13.6. The van der Waals surface area contributed by atoms with Crippen molar-refractivity contribution < 1.29 is 19.0 Å². The summed E-state index contributed by atoms with van der Waals surface area (Å²) in [6.45, 7) is 3.86. The van der Waals surface area contributed by atoms with E-state index in [4.69, 9.17) is 14.2 Å². The standard InChI is InChI=1S/C17H15BrN2O5/c1-3-23-17(22)11-7-19-15(20-16(11)21)9(2)4-10-5-13-14(6-12(10)18)25-8-24-13/h4-7H,3,8H2,1-2H3,(H,19,20,21)/b9-4+. The Morgan fingerprint density at radius 2 is 2.12 bits per heavy atom. The van der Waals surface area contributed by atoms with Crippen LogP contribution in [0.5, 0.6) is 11.5 Å². The largest absolute Gasteiger partial charge is 0.462 e. The van der Waals surface area contributed by atoms with E-state index in [1.807, 2.05) is 18.2 Å². The Labute approximate surface area is 151 Å². The number of fused-ring (bicyclic) bond motifs is 1. The molecule has 0 saturated heterocycles. The number of H-pyrrole nitrogens is 1. The Balaban J connectivity index is 1.92. The summed E-state index contributed by atoms with van der Waals surface area (Å²) in [5, 5.41) is 0. The molecule has 1 aliphatic rings. The van der Waals surface area contributed by atoms with Crippen LogP contribution in [-0.2, 0) is 4.74 Å². The lowest BCUT2D eigenvalue weighted by molar-refractivity contribution is 0.0523. The van der Waals surface area contributed by atoms with E-state index in [1.54, 1.807) is 13.8 Å². The summed E-state index contributed by atoms with van der Waals surface area (Å²) in [6, 6.07) is 3.66. The Hall–Kier alpha value is -2.61. The smallest absolute Gasteiger partial charge is 0.345 e. The molecule has 0 saturated carbocycles. The Morgan fingerprint density at radius 3 is 2.80 bits per heavy atom. The molecule has 0 unspecified atom stereocenters. The van der Waals surface area contributed by atoms with E-state index < -0.39 is 11.5 Å². The number of hydrogen-bond acceptors (Lipinski definition) is 6. The molecule has 2 aromatic rings. The summed E-state index contributed by atoms with van der Waals surface area (Å²) in [5.74, 6) is 0.999. The normalized spacial score (nSPS) is 13.0. The first kappa shape index (κ1) is 17.2. The molecule has 8 heteroatoms. The van der Waals surface area contributed by atoms with E-state index in [9.17, 15) is 9.59 Å². The van der Waals surface area contributed by atoms with Gasteiger partial charge in [0.2, 0.25) is 6.79 Å². The summed E-state index contributed by atoms with van der Waals surface area (Å²) in [5.41, 5.74) is 0.898. The summed E-state index contributed by atoms with van der Waals surface area (Å²) in [6.07, 6.45) is 3.06. The lowest BCUT2D eigenvalue weighted by Gasteiger charge is -2.06. The number of nitrogens with zero attached hydrogens (tertiary/aromatic N) is 1. The highest BCUT2D eigenvalue weighted by Gasteiger charge is 2.16. The number of allylic oxidation sites excluding steroid dienone is 1. The van der Waals surface area contributed by atoms with Crippen molar-refractivity contribution in [3.05, 3.63) is 50.1 Å². The topological polar surface area (TPSA) is 90.5 Å². The molecule has 0 aliphatic carbocycles. The van der Waals surface area contributed by atoms with Crippen LogP contribution in [0.2, 0.25) is 0 Å². The van der Waals surface area contributed by atoms with Crippen LogP contribution in [0.15, 0.2) is 27.6 Å². The molecular formula is C17H15BrN2O5. The number of aromatic nitrogens is 2. The molecule has 0 fully saturated rings. The molecule has 130 valence electrons. The first-order valence-corrected chi connectivity index (χ1v) is 8.33. The third-order valence-corrected chi connectivity index (χ3v) is 4.22. The van der Waals surface area contributed by atoms with Gasteiger partial charge in [-0.15, -0.1) is 0 Å². The molecule has 1 aromatic heterocycles. The number of rotatable bonds is 4. The van der Waals surface area contributed by atoms with Gasteiger partial charge in [0.1, 0.15) is 11.4 Å². The molecule has 2 heterocycles. The number of benzene rings is 1. The molecule has 0 bridgehead atoms. The van der Waals surface area contributed by atoms with Gasteiger partial charge in [0, 0.05) is 10.7 Å². The van der Waals surface area contributed by atoms with Crippen LogP contribution in [-0.4, -0.2) is 29.3 Å². The number of hydrogen-bond donors (Lipinski definition) is 1. The number of carbonyl (C=O) groups excluding carboxylic acids is 1. The summed E-state index contributed by atoms with van der Waals surface area (Å²) in [4.78, 5) is 30.5. The third-order valence-electron chi connectivity index (χ3n) is 3.53. The monoisotopic (exact) mass is 406 g/mol. The number of ether oxygens (including phenoxy) is 3. The molecule has 0 radical (unpaired) electrons.